The van der Waals surface area contributed by atoms with Crippen LogP contribution >= 0.6 is 0 Å². The molecule has 1 amide bonds. The lowest BCUT2D eigenvalue weighted by Crippen LogP contribution is -2.26. The summed E-state index contributed by atoms with van der Waals surface area (Å²) in [6.07, 6.45) is 0. The largest absolute Gasteiger partial charge is 0.454 e. The Morgan fingerprint density at radius 2 is 1.83 bits per heavy atom. The molecular weight excluding hydrogens is 296 g/mol. The SMILES string of the molecule is NC(N)=NC(N)=Nc1ccc2c(c1)C(=O)Nc1ccccc1O2. The summed E-state index contributed by atoms with van der Waals surface area (Å²) < 4.78 is 5.77. The van der Waals surface area contributed by atoms with Crippen LogP contribution in [0.4, 0.5) is 11.4 Å². The topological polar surface area (TPSA) is 141 Å². The van der Waals surface area contributed by atoms with Gasteiger partial charge < -0.3 is 27.3 Å². The van der Waals surface area contributed by atoms with Crippen molar-refractivity contribution in [2.45, 2.75) is 0 Å². The molecule has 0 fully saturated rings. The van der Waals surface area contributed by atoms with Crippen molar-refractivity contribution in [2.75, 3.05) is 5.32 Å². The number of ether oxygens (including phenoxy) is 1. The second-order valence-electron chi connectivity index (χ2n) is 4.74. The van der Waals surface area contributed by atoms with Gasteiger partial charge in [-0.2, -0.15) is 4.99 Å². The zero-order chi connectivity index (χ0) is 16.4. The Bertz CT molecular complexity index is 840. The first-order valence-corrected chi connectivity index (χ1v) is 6.69. The van der Waals surface area contributed by atoms with Crippen LogP contribution in [0, 0.1) is 0 Å². The van der Waals surface area contributed by atoms with E-state index < -0.39 is 0 Å². The molecule has 1 heterocycles. The minimum absolute atomic E-state index is 0.108. The van der Waals surface area contributed by atoms with Crippen molar-refractivity contribution in [3.63, 3.8) is 0 Å². The number of anilines is 1. The minimum Gasteiger partial charge on any atom is -0.454 e. The number of hydrogen-bond donors (Lipinski definition) is 4. The average Bonchev–Trinajstić information content (AvgIpc) is 2.62. The fourth-order valence-corrected chi connectivity index (χ4v) is 2.11. The number of aliphatic imine (C=N–C) groups is 2. The Morgan fingerprint density at radius 1 is 1.04 bits per heavy atom. The standard InChI is InChI=1S/C15H14N6O2/c16-14(17)21-15(18)19-8-5-6-11-9(7-8)13(22)20-10-3-1-2-4-12(10)23-11/h1-7H,(H,20,22)(H6,16,17,18,19,21). The number of carbonyl (C=O) groups is 1. The van der Waals surface area contributed by atoms with Crippen LogP contribution in [-0.4, -0.2) is 17.8 Å². The van der Waals surface area contributed by atoms with Gasteiger partial charge in [-0.1, -0.05) is 12.1 Å². The highest BCUT2D eigenvalue weighted by Crippen LogP contribution is 2.36. The van der Waals surface area contributed by atoms with Crippen LogP contribution in [-0.2, 0) is 0 Å². The highest BCUT2D eigenvalue weighted by atomic mass is 16.5. The van der Waals surface area contributed by atoms with E-state index in [1.165, 1.54) is 0 Å². The quantitative estimate of drug-likeness (QED) is 0.463. The second kappa shape index (κ2) is 5.68. The lowest BCUT2D eigenvalue weighted by atomic mass is 10.1. The molecule has 0 aromatic heterocycles. The van der Waals surface area contributed by atoms with Crippen molar-refractivity contribution >= 4 is 29.2 Å². The lowest BCUT2D eigenvalue weighted by Gasteiger charge is -2.07. The Labute approximate surface area is 131 Å². The van der Waals surface area contributed by atoms with Gasteiger partial charge in [-0.25, -0.2) is 4.99 Å². The van der Waals surface area contributed by atoms with E-state index >= 15 is 0 Å². The van der Waals surface area contributed by atoms with Crippen LogP contribution in [0.3, 0.4) is 0 Å². The summed E-state index contributed by atoms with van der Waals surface area (Å²) in [5.41, 5.74) is 17.4. The Kier molecular flexibility index (Phi) is 3.55. The van der Waals surface area contributed by atoms with Gasteiger partial charge in [-0.05, 0) is 30.3 Å². The number of nitrogens with two attached hydrogens (primary N) is 3. The molecule has 2 aromatic carbocycles. The maximum atomic E-state index is 12.3. The molecule has 0 saturated heterocycles. The fraction of sp³-hybridized carbons (Fsp3) is 0. The summed E-state index contributed by atoms with van der Waals surface area (Å²) in [7, 11) is 0. The number of rotatable bonds is 1. The van der Waals surface area contributed by atoms with Crippen molar-refractivity contribution in [1.82, 2.24) is 0 Å². The Hall–Kier alpha value is -3.55. The number of carbonyl (C=O) groups excluding carboxylic acids is 1. The molecule has 3 rings (SSSR count). The highest BCUT2D eigenvalue weighted by molar-refractivity contribution is 6.08. The van der Waals surface area contributed by atoms with Crippen LogP contribution in [0.25, 0.3) is 0 Å². The van der Waals surface area contributed by atoms with E-state index in [0.29, 0.717) is 28.4 Å². The fourth-order valence-electron chi connectivity index (χ4n) is 2.11. The van der Waals surface area contributed by atoms with Gasteiger partial charge in [0.1, 0.15) is 5.75 Å². The van der Waals surface area contributed by atoms with Crippen LogP contribution in [0.2, 0.25) is 0 Å². The first-order chi connectivity index (χ1) is 11.0. The molecule has 1 aliphatic heterocycles. The zero-order valence-electron chi connectivity index (χ0n) is 12.0. The molecule has 8 nitrogen and oxygen atoms in total. The van der Waals surface area contributed by atoms with Crippen molar-refractivity contribution in [2.24, 2.45) is 27.2 Å². The molecule has 7 N–H and O–H groups in total. The molecule has 0 aliphatic carbocycles. The van der Waals surface area contributed by atoms with Crippen molar-refractivity contribution in [3.05, 3.63) is 48.0 Å². The molecular formula is C15H14N6O2. The number of nitrogens with one attached hydrogen (secondary N) is 1. The van der Waals surface area contributed by atoms with E-state index in [1.54, 1.807) is 30.3 Å². The molecule has 0 atom stereocenters. The summed E-state index contributed by atoms with van der Waals surface area (Å²) in [6, 6.07) is 12.0. The van der Waals surface area contributed by atoms with Crippen LogP contribution in [0.5, 0.6) is 11.5 Å². The van der Waals surface area contributed by atoms with Crippen molar-refractivity contribution < 1.29 is 9.53 Å². The van der Waals surface area contributed by atoms with Gasteiger partial charge in [0.15, 0.2) is 11.7 Å². The minimum atomic E-state index is -0.303. The normalized spacial score (nSPS) is 13.0. The number of guanidine groups is 2. The van der Waals surface area contributed by atoms with Crippen molar-refractivity contribution in [1.29, 1.82) is 0 Å². The van der Waals surface area contributed by atoms with E-state index in [0.717, 1.165) is 0 Å². The molecule has 116 valence electrons. The highest BCUT2D eigenvalue weighted by Gasteiger charge is 2.20. The number of para-hydroxylation sites is 2. The molecule has 0 radical (unpaired) electrons. The third-order valence-electron chi connectivity index (χ3n) is 3.05. The molecule has 2 aromatic rings. The van der Waals surface area contributed by atoms with Crippen LogP contribution in [0.1, 0.15) is 10.4 Å². The summed E-state index contributed by atoms with van der Waals surface area (Å²) in [5.74, 6) is 0.380. The van der Waals surface area contributed by atoms with Gasteiger partial charge in [0.2, 0.25) is 5.96 Å². The van der Waals surface area contributed by atoms with Gasteiger partial charge >= 0.3 is 0 Å². The zero-order valence-corrected chi connectivity index (χ0v) is 12.0. The number of amides is 1. The van der Waals surface area contributed by atoms with E-state index in [4.69, 9.17) is 21.9 Å². The number of hydrogen-bond acceptors (Lipinski definition) is 3. The van der Waals surface area contributed by atoms with E-state index in [9.17, 15) is 4.79 Å². The average molecular weight is 310 g/mol. The summed E-state index contributed by atoms with van der Waals surface area (Å²) in [5, 5.41) is 2.78. The maximum absolute atomic E-state index is 12.3. The van der Waals surface area contributed by atoms with E-state index in [1.807, 2.05) is 12.1 Å². The third kappa shape index (κ3) is 3.05. The third-order valence-corrected chi connectivity index (χ3v) is 3.05. The van der Waals surface area contributed by atoms with Gasteiger partial charge in [0.05, 0.1) is 16.9 Å². The number of fused-ring (bicyclic) bond motifs is 2. The maximum Gasteiger partial charge on any atom is 0.259 e. The van der Waals surface area contributed by atoms with Gasteiger partial charge in [-0.3, -0.25) is 4.79 Å². The first-order valence-electron chi connectivity index (χ1n) is 6.69. The molecule has 0 spiro atoms. The predicted octanol–water partition coefficient (Wildman–Crippen LogP) is 1.26. The van der Waals surface area contributed by atoms with E-state index in [-0.39, 0.29) is 17.8 Å². The number of benzene rings is 2. The van der Waals surface area contributed by atoms with Crippen molar-refractivity contribution in [3.8, 4) is 11.5 Å². The van der Waals surface area contributed by atoms with Crippen LogP contribution < -0.4 is 27.3 Å². The van der Waals surface area contributed by atoms with Crippen LogP contribution in [0.15, 0.2) is 52.4 Å². The summed E-state index contributed by atoms with van der Waals surface area (Å²) in [4.78, 5) is 20.0. The van der Waals surface area contributed by atoms with Gasteiger partial charge in [-0.15, -0.1) is 0 Å². The molecule has 1 aliphatic rings. The molecule has 0 saturated carbocycles. The number of nitrogens with zero attached hydrogens (tertiary/aromatic N) is 2. The van der Waals surface area contributed by atoms with E-state index in [2.05, 4.69) is 15.3 Å². The second-order valence-corrected chi connectivity index (χ2v) is 4.74. The lowest BCUT2D eigenvalue weighted by molar-refractivity contribution is 0.102. The Morgan fingerprint density at radius 3 is 2.61 bits per heavy atom. The summed E-state index contributed by atoms with van der Waals surface area (Å²) in [6.45, 7) is 0. The van der Waals surface area contributed by atoms with Gasteiger partial charge in [0, 0.05) is 0 Å². The monoisotopic (exact) mass is 310 g/mol. The molecule has 0 unspecified atom stereocenters. The first kappa shape index (κ1) is 14.4. The van der Waals surface area contributed by atoms with Gasteiger partial charge in [0.25, 0.3) is 5.91 Å². The molecule has 8 heteroatoms. The smallest absolute Gasteiger partial charge is 0.259 e. The molecule has 23 heavy (non-hydrogen) atoms. The summed E-state index contributed by atoms with van der Waals surface area (Å²) >= 11 is 0. The predicted molar refractivity (Wildman–Crippen MR) is 88.0 cm³/mol. The Balaban J connectivity index is 2.00. The molecule has 0 bridgehead atoms.